The zero-order valence-electron chi connectivity index (χ0n) is 13.3. The number of piperidine rings is 1. The van der Waals surface area contributed by atoms with E-state index in [2.05, 4.69) is 36.2 Å². The van der Waals surface area contributed by atoms with Gasteiger partial charge < -0.3 is 15.3 Å². The molecule has 1 aliphatic rings. The lowest BCUT2D eigenvalue weighted by Crippen LogP contribution is -2.42. The van der Waals surface area contributed by atoms with Gasteiger partial charge in [-0.1, -0.05) is 25.4 Å². The third-order valence-corrected chi connectivity index (χ3v) is 4.33. The molecule has 0 aromatic heterocycles. The van der Waals surface area contributed by atoms with E-state index in [9.17, 15) is 5.11 Å². The minimum Gasteiger partial charge on any atom is -0.390 e. The maximum Gasteiger partial charge on any atom is 0.0653 e. The third-order valence-electron chi connectivity index (χ3n) is 4.09. The van der Waals surface area contributed by atoms with E-state index in [1.165, 1.54) is 11.3 Å². The summed E-state index contributed by atoms with van der Waals surface area (Å²) in [5, 5.41) is 14.4. The standard InChI is InChI=1S/C17H27ClN2O/c1-13(2)11-19-12-14-10-15(18)4-5-16(14)20-8-6-17(3,21)7-9-20/h4-5,10,13,19,21H,6-9,11-12H2,1-3H3. The van der Waals surface area contributed by atoms with Gasteiger partial charge in [0, 0.05) is 30.3 Å². The van der Waals surface area contributed by atoms with Crippen molar-refractivity contribution in [3.8, 4) is 0 Å². The molecule has 1 aromatic rings. The second-order valence-electron chi connectivity index (χ2n) is 6.78. The van der Waals surface area contributed by atoms with Gasteiger partial charge >= 0.3 is 0 Å². The van der Waals surface area contributed by atoms with Gasteiger partial charge in [0.2, 0.25) is 0 Å². The molecule has 0 saturated carbocycles. The molecule has 2 rings (SSSR count). The van der Waals surface area contributed by atoms with Crippen LogP contribution in [0.1, 0.15) is 39.2 Å². The van der Waals surface area contributed by atoms with Crippen molar-refractivity contribution in [1.82, 2.24) is 5.32 Å². The van der Waals surface area contributed by atoms with Gasteiger partial charge in [-0.15, -0.1) is 0 Å². The maximum atomic E-state index is 10.1. The average Bonchev–Trinajstić information content (AvgIpc) is 2.39. The summed E-state index contributed by atoms with van der Waals surface area (Å²) >= 11 is 6.16. The van der Waals surface area contributed by atoms with Crippen LogP contribution in [0.2, 0.25) is 5.02 Å². The van der Waals surface area contributed by atoms with Crippen LogP contribution in [0, 0.1) is 5.92 Å². The van der Waals surface area contributed by atoms with Crippen molar-refractivity contribution in [2.75, 3.05) is 24.5 Å². The predicted molar refractivity (Wildman–Crippen MR) is 90.1 cm³/mol. The van der Waals surface area contributed by atoms with Crippen LogP contribution in [0.5, 0.6) is 0 Å². The molecular weight excluding hydrogens is 284 g/mol. The Balaban J connectivity index is 2.08. The number of anilines is 1. The zero-order valence-corrected chi connectivity index (χ0v) is 14.1. The molecule has 0 aliphatic carbocycles. The van der Waals surface area contributed by atoms with E-state index in [4.69, 9.17) is 11.6 Å². The summed E-state index contributed by atoms with van der Waals surface area (Å²) in [5.74, 6) is 0.637. The second-order valence-corrected chi connectivity index (χ2v) is 7.22. The minimum atomic E-state index is -0.515. The molecule has 1 aliphatic heterocycles. The molecular formula is C17H27ClN2O. The van der Waals surface area contributed by atoms with Crippen molar-refractivity contribution in [2.45, 2.75) is 45.8 Å². The number of hydrogen-bond donors (Lipinski definition) is 2. The van der Waals surface area contributed by atoms with Crippen molar-refractivity contribution >= 4 is 17.3 Å². The lowest BCUT2D eigenvalue weighted by Gasteiger charge is -2.38. The van der Waals surface area contributed by atoms with Crippen LogP contribution in [0.4, 0.5) is 5.69 Å². The summed E-state index contributed by atoms with van der Waals surface area (Å²) in [6, 6.07) is 6.11. The fraction of sp³-hybridized carbons (Fsp3) is 0.647. The van der Waals surface area contributed by atoms with E-state index < -0.39 is 5.60 Å². The quantitative estimate of drug-likeness (QED) is 0.874. The Morgan fingerprint density at radius 3 is 2.62 bits per heavy atom. The summed E-state index contributed by atoms with van der Waals surface area (Å²) in [7, 11) is 0. The Hall–Kier alpha value is -0.770. The summed E-state index contributed by atoms with van der Waals surface area (Å²) in [6.45, 7) is 9.97. The highest BCUT2D eigenvalue weighted by Gasteiger charge is 2.28. The third kappa shape index (κ3) is 4.87. The molecule has 3 nitrogen and oxygen atoms in total. The minimum absolute atomic E-state index is 0.515. The first-order valence-electron chi connectivity index (χ1n) is 7.84. The van der Waals surface area contributed by atoms with Crippen LogP contribution in [-0.4, -0.2) is 30.3 Å². The number of aliphatic hydroxyl groups is 1. The molecule has 1 heterocycles. The Morgan fingerprint density at radius 1 is 1.33 bits per heavy atom. The van der Waals surface area contributed by atoms with Crippen molar-refractivity contribution < 1.29 is 5.11 Å². The number of rotatable bonds is 5. The van der Waals surface area contributed by atoms with Crippen LogP contribution >= 0.6 is 11.6 Å². The molecule has 0 spiro atoms. The Kier molecular flexibility index (Phi) is 5.53. The molecule has 2 N–H and O–H groups in total. The summed E-state index contributed by atoms with van der Waals surface area (Å²) in [4.78, 5) is 2.36. The molecule has 1 aromatic carbocycles. The molecule has 0 amide bonds. The summed E-state index contributed by atoms with van der Waals surface area (Å²) in [6.07, 6.45) is 1.63. The lowest BCUT2D eigenvalue weighted by molar-refractivity contribution is 0.0351. The van der Waals surface area contributed by atoms with Gasteiger partial charge in [-0.25, -0.2) is 0 Å². The van der Waals surface area contributed by atoms with Gasteiger partial charge in [0.1, 0.15) is 0 Å². The molecule has 0 radical (unpaired) electrons. The fourth-order valence-electron chi connectivity index (χ4n) is 2.73. The maximum absolute atomic E-state index is 10.1. The number of nitrogens with zero attached hydrogens (tertiary/aromatic N) is 1. The van der Waals surface area contributed by atoms with Crippen LogP contribution in [0.15, 0.2) is 18.2 Å². The van der Waals surface area contributed by atoms with E-state index in [1.807, 2.05) is 13.0 Å². The molecule has 0 atom stereocenters. The topological polar surface area (TPSA) is 35.5 Å². The molecule has 1 fully saturated rings. The second kappa shape index (κ2) is 6.99. The van der Waals surface area contributed by atoms with Crippen molar-refractivity contribution in [1.29, 1.82) is 0 Å². The van der Waals surface area contributed by atoms with Gasteiger partial charge in [-0.3, -0.25) is 0 Å². The molecule has 118 valence electrons. The highest BCUT2D eigenvalue weighted by molar-refractivity contribution is 6.30. The SMILES string of the molecule is CC(C)CNCc1cc(Cl)ccc1N1CCC(C)(O)CC1. The van der Waals surface area contributed by atoms with Crippen molar-refractivity contribution in [2.24, 2.45) is 5.92 Å². The first-order chi connectivity index (χ1) is 9.87. The highest BCUT2D eigenvalue weighted by atomic mass is 35.5. The van der Waals surface area contributed by atoms with Crippen LogP contribution < -0.4 is 10.2 Å². The van der Waals surface area contributed by atoms with E-state index in [1.54, 1.807) is 0 Å². The number of hydrogen-bond acceptors (Lipinski definition) is 3. The molecule has 1 saturated heterocycles. The summed E-state index contributed by atoms with van der Waals surface area (Å²) < 4.78 is 0. The average molecular weight is 311 g/mol. The fourth-order valence-corrected chi connectivity index (χ4v) is 2.92. The number of halogens is 1. The largest absolute Gasteiger partial charge is 0.390 e. The van der Waals surface area contributed by atoms with Gasteiger partial charge in [-0.05, 0) is 56.0 Å². The van der Waals surface area contributed by atoms with E-state index in [0.717, 1.165) is 44.0 Å². The van der Waals surface area contributed by atoms with Crippen LogP contribution in [0.3, 0.4) is 0 Å². The number of nitrogens with one attached hydrogen (secondary N) is 1. The lowest BCUT2D eigenvalue weighted by atomic mass is 9.93. The predicted octanol–water partition coefficient (Wildman–Crippen LogP) is 3.44. The smallest absolute Gasteiger partial charge is 0.0653 e. The summed E-state index contributed by atoms with van der Waals surface area (Å²) in [5.41, 5.74) is 1.97. The van der Waals surface area contributed by atoms with Gasteiger partial charge in [0.05, 0.1) is 5.60 Å². The molecule has 0 unspecified atom stereocenters. The van der Waals surface area contributed by atoms with Crippen molar-refractivity contribution in [3.05, 3.63) is 28.8 Å². The van der Waals surface area contributed by atoms with Gasteiger partial charge in [-0.2, -0.15) is 0 Å². The Labute approximate surface area is 133 Å². The molecule has 4 heteroatoms. The zero-order chi connectivity index (χ0) is 15.5. The van der Waals surface area contributed by atoms with E-state index in [0.29, 0.717) is 5.92 Å². The van der Waals surface area contributed by atoms with Gasteiger partial charge in [0.25, 0.3) is 0 Å². The van der Waals surface area contributed by atoms with Gasteiger partial charge in [0.15, 0.2) is 0 Å². The monoisotopic (exact) mass is 310 g/mol. The first kappa shape index (κ1) is 16.6. The van der Waals surface area contributed by atoms with Crippen molar-refractivity contribution in [3.63, 3.8) is 0 Å². The van der Waals surface area contributed by atoms with E-state index in [-0.39, 0.29) is 0 Å². The van der Waals surface area contributed by atoms with E-state index >= 15 is 0 Å². The Morgan fingerprint density at radius 2 is 2.00 bits per heavy atom. The Bertz CT molecular complexity index is 464. The molecule has 21 heavy (non-hydrogen) atoms. The highest BCUT2D eigenvalue weighted by Crippen LogP contribution is 2.30. The normalized spacial score (nSPS) is 18.3. The van der Waals surface area contributed by atoms with Crippen LogP contribution in [-0.2, 0) is 6.54 Å². The molecule has 0 bridgehead atoms. The number of benzene rings is 1. The first-order valence-corrected chi connectivity index (χ1v) is 8.22. The van der Waals surface area contributed by atoms with Crippen LogP contribution in [0.25, 0.3) is 0 Å².